The first-order valence-corrected chi connectivity index (χ1v) is 6.03. The Bertz CT molecular complexity index is 414. The van der Waals surface area contributed by atoms with Crippen molar-refractivity contribution in [3.8, 4) is 0 Å². The molecule has 0 heterocycles. The van der Waals surface area contributed by atoms with E-state index in [1.807, 2.05) is 0 Å². The summed E-state index contributed by atoms with van der Waals surface area (Å²) in [5.41, 5.74) is 9.05. The van der Waals surface area contributed by atoms with E-state index in [1.54, 1.807) is 11.9 Å². The van der Waals surface area contributed by atoms with Gasteiger partial charge in [-0.3, -0.25) is 4.79 Å². The molecular formula is C14H22N2O2. The van der Waals surface area contributed by atoms with Crippen molar-refractivity contribution >= 4 is 5.91 Å². The van der Waals surface area contributed by atoms with Crippen molar-refractivity contribution in [2.45, 2.75) is 26.5 Å². The molecule has 4 nitrogen and oxygen atoms in total. The van der Waals surface area contributed by atoms with Crippen molar-refractivity contribution in [1.82, 2.24) is 4.90 Å². The minimum absolute atomic E-state index is 0.0834. The molecule has 0 aromatic heterocycles. The molecule has 1 aromatic carbocycles. The number of aryl methyl sites for hydroxylation is 2. The summed E-state index contributed by atoms with van der Waals surface area (Å²) in [6.07, 6.45) is -0.555. The van der Waals surface area contributed by atoms with Crippen LogP contribution in [0.15, 0.2) is 18.2 Å². The fraction of sp³-hybridized carbons (Fsp3) is 0.500. The Hall–Kier alpha value is -1.39. The summed E-state index contributed by atoms with van der Waals surface area (Å²) < 4.78 is 5.05. The van der Waals surface area contributed by atoms with Gasteiger partial charge in [-0.2, -0.15) is 0 Å². The molecule has 18 heavy (non-hydrogen) atoms. The third-order valence-corrected chi connectivity index (χ3v) is 3.06. The van der Waals surface area contributed by atoms with Gasteiger partial charge in [0.2, 0.25) is 0 Å². The zero-order chi connectivity index (χ0) is 13.7. The number of methoxy groups -OCH3 is 1. The van der Waals surface area contributed by atoms with E-state index in [9.17, 15) is 4.79 Å². The molecule has 0 aliphatic carbocycles. The van der Waals surface area contributed by atoms with E-state index in [1.165, 1.54) is 18.2 Å². The molecule has 0 spiro atoms. The van der Waals surface area contributed by atoms with Crippen molar-refractivity contribution in [1.29, 1.82) is 0 Å². The summed E-state index contributed by atoms with van der Waals surface area (Å²) in [6, 6.07) is 6.22. The van der Waals surface area contributed by atoms with Crippen LogP contribution in [-0.4, -0.2) is 37.6 Å². The zero-order valence-corrected chi connectivity index (χ0v) is 11.6. The number of nitrogens with two attached hydrogens (primary N) is 1. The molecule has 0 fully saturated rings. The minimum Gasteiger partial charge on any atom is -0.370 e. The molecule has 2 N–H and O–H groups in total. The molecule has 1 atom stereocenters. The van der Waals surface area contributed by atoms with Crippen LogP contribution in [0.25, 0.3) is 0 Å². The van der Waals surface area contributed by atoms with Crippen LogP contribution in [0, 0.1) is 13.8 Å². The van der Waals surface area contributed by atoms with Crippen LogP contribution in [0.3, 0.4) is 0 Å². The number of carbonyl (C=O) groups is 1. The Morgan fingerprint density at radius 1 is 1.44 bits per heavy atom. The van der Waals surface area contributed by atoms with E-state index < -0.39 is 6.10 Å². The quantitative estimate of drug-likeness (QED) is 0.855. The molecule has 1 amide bonds. The molecular weight excluding hydrogens is 228 g/mol. The molecule has 0 saturated carbocycles. The monoisotopic (exact) mass is 250 g/mol. The van der Waals surface area contributed by atoms with E-state index in [2.05, 4.69) is 32.0 Å². The van der Waals surface area contributed by atoms with Gasteiger partial charge >= 0.3 is 0 Å². The number of rotatable bonds is 5. The van der Waals surface area contributed by atoms with Crippen LogP contribution in [-0.2, 0) is 16.1 Å². The highest BCUT2D eigenvalue weighted by atomic mass is 16.5. The lowest BCUT2D eigenvalue weighted by molar-refractivity contribution is -0.140. The third kappa shape index (κ3) is 3.55. The fourth-order valence-electron chi connectivity index (χ4n) is 1.90. The molecule has 100 valence electrons. The zero-order valence-electron chi connectivity index (χ0n) is 11.6. The summed E-state index contributed by atoms with van der Waals surface area (Å²) in [4.78, 5) is 13.7. The van der Waals surface area contributed by atoms with Crippen LogP contribution in [0.2, 0.25) is 0 Å². The summed E-state index contributed by atoms with van der Waals surface area (Å²) in [5, 5.41) is 0. The lowest BCUT2D eigenvalue weighted by Crippen LogP contribution is -2.41. The standard InChI is InChI=1S/C14H22N2O2/c1-10-5-6-12(11(2)7-10)9-16(3)14(17)13(8-15)18-4/h5-7,13H,8-9,15H2,1-4H3. The number of nitrogens with zero attached hydrogens (tertiary/aromatic N) is 1. The van der Waals surface area contributed by atoms with E-state index >= 15 is 0 Å². The first-order valence-electron chi connectivity index (χ1n) is 6.03. The Morgan fingerprint density at radius 2 is 2.11 bits per heavy atom. The van der Waals surface area contributed by atoms with Gasteiger partial charge in [0, 0.05) is 27.2 Å². The summed E-state index contributed by atoms with van der Waals surface area (Å²) in [6.45, 7) is 4.88. The fourth-order valence-corrected chi connectivity index (χ4v) is 1.90. The van der Waals surface area contributed by atoms with Gasteiger partial charge in [0.05, 0.1) is 0 Å². The minimum atomic E-state index is -0.555. The van der Waals surface area contributed by atoms with Crippen LogP contribution < -0.4 is 5.73 Å². The van der Waals surface area contributed by atoms with E-state index in [4.69, 9.17) is 10.5 Å². The number of likely N-dealkylation sites (N-methyl/N-ethyl adjacent to an activating group) is 1. The lowest BCUT2D eigenvalue weighted by atomic mass is 10.1. The number of carbonyl (C=O) groups excluding carboxylic acids is 1. The maximum atomic E-state index is 12.0. The largest absolute Gasteiger partial charge is 0.370 e. The summed E-state index contributed by atoms with van der Waals surface area (Å²) in [7, 11) is 3.27. The first kappa shape index (κ1) is 14.7. The third-order valence-electron chi connectivity index (χ3n) is 3.06. The number of benzene rings is 1. The Kier molecular flexibility index (Phi) is 5.31. The topological polar surface area (TPSA) is 55.6 Å². The molecule has 0 bridgehead atoms. The average molecular weight is 250 g/mol. The second-order valence-corrected chi connectivity index (χ2v) is 4.58. The molecule has 0 aliphatic rings. The van der Waals surface area contributed by atoms with Crippen molar-refractivity contribution in [3.05, 3.63) is 34.9 Å². The van der Waals surface area contributed by atoms with Gasteiger partial charge < -0.3 is 15.4 Å². The van der Waals surface area contributed by atoms with Crippen molar-refractivity contribution < 1.29 is 9.53 Å². The molecule has 0 saturated heterocycles. The highest BCUT2D eigenvalue weighted by Gasteiger charge is 2.20. The summed E-state index contributed by atoms with van der Waals surface area (Å²) >= 11 is 0. The van der Waals surface area contributed by atoms with Gasteiger partial charge in [-0.15, -0.1) is 0 Å². The van der Waals surface area contributed by atoms with Gasteiger partial charge in [-0.05, 0) is 25.0 Å². The van der Waals surface area contributed by atoms with Crippen LogP contribution >= 0.6 is 0 Å². The van der Waals surface area contributed by atoms with Crippen LogP contribution in [0.4, 0.5) is 0 Å². The van der Waals surface area contributed by atoms with Gasteiger partial charge in [0.15, 0.2) is 0 Å². The van der Waals surface area contributed by atoms with E-state index in [0.29, 0.717) is 6.54 Å². The highest BCUT2D eigenvalue weighted by molar-refractivity contribution is 5.81. The Balaban J connectivity index is 2.75. The van der Waals surface area contributed by atoms with E-state index in [0.717, 1.165) is 5.56 Å². The molecule has 4 heteroatoms. The average Bonchev–Trinajstić information content (AvgIpc) is 2.34. The normalized spacial score (nSPS) is 12.3. The maximum absolute atomic E-state index is 12.0. The SMILES string of the molecule is COC(CN)C(=O)N(C)Cc1ccc(C)cc1C. The lowest BCUT2D eigenvalue weighted by Gasteiger charge is -2.22. The summed E-state index contributed by atoms with van der Waals surface area (Å²) in [5.74, 6) is -0.0834. The number of hydrogen-bond acceptors (Lipinski definition) is 3. The second kappa shape index (κ2) is 6.52. The van der Waals surface area contributed by atoms with Gasteiger partial charge in [0.1, 0.15) is 6.10 Å². The number of ether oxygens (including phenoxy) is 1. The Morgan fingerprint density at radius 3 is 2.61 bits per heavy atom. The smallest absolute Gasteiger partial charge is 0.253 e. The predicted molar refractivity (Wildman–Crippen MR) is 72.2 cm³/mol. The van der Waals surface area contributed by atoms with E-state index in [-0.39, 0.29) is 12.5 Å². The molecule has 1 aromatic rings. The number of hydrogen-bond donors (Lipinski definition) is 1. The van der Waals surface area contributed by atoms with Crippen molar-refractivity contribution in [2.75, 3.05) is 20.7 Å². The molecule has 1 rings (SSSR count). The second-order valence-electron chi connectivity index (χ2n) is 4.58. The maximum Gasteiger partial charge on any atom is 0.253 e. The van der Waals surface area contributed by atoms with Crippen LogP contribution in [0.5, 0.6) is 0 Å². The first-order chi connectivity index (χ1) is 8.49. The molecule has 1 unspecified atom stereocenters. The van der Waals surface area contributed by atoms with Gasteiger partial charge in [-0.25, -0.2) is 0 Å². The highest BCUT2D eigenvalue weighted by Crippen LogP contribution is 2.13. The molecule has 0 radical (unpaired) electrons. The Labute approximate surface area is 109 Å². The molecule has 0 aliphatic heterocycles. The van der Waals surface area contributed by atoms with Crippen LogP contribution in [0.1, 0.15) is 16.7 Å². The number of amides is 1. The van der Waals surface area contributed by atoms with Crippen molar-refractivity contribution in [2.24, 2.45) is 5.73 Å². The predicted octanol–water partition coefficient (Wildman–Crippen LogP) is 1.24. The van der Waals surface area contributed by atoms with Gasteiger partial charge in [0.25, 0.3) is 5.91 Å². The van der Waals surface area contributed by atoms with Gasteiger partial charge in [-0.1, -0.05) is 23.8 Å². The van der Waals surface area contributed by atoms with Crippen molar-refractivity contribution in [3.63, 3.8) is 0 Å².